The number of amides is 1. The second-order valence-electron chi connectivity index (χ2n) is 4.76. The Morgan fingerprint density at radius 3 is 2.70 bits per heavy atom. The van der Waals surface area contributed by atoms with Crippen molar-refractivity contribution in [3.8, 4) is 0 Å². The summed E-state index contributed by atoms with van der Waals surface area (Å²) < 4.78 is 15.8. The molecule has 23 heavy (non-hydrogen) atoms. The molecule has 0 aliphatic heterocycles. The largest absolute Gasteiger partial charge is 0.309 e. The molecule has 2 aromatic heterocycles. The molecule has 0 aliphatic carbocycles. The summed E-state index contributed by atoms with van der Waals surface area (Å²) in [6.45, 7) is 2.83. The van der Waals surface area contributed by atoms with Crippen LogP contribution in [0.1, 0.15) is 17.0 Å². The Kier molecular flexibility index (Phi) is 4.48. The molecule has 0 aromatic carbocycles. The monoisotopic (exact) mass is 323 g/mol. The predicted octanol–water partition coefficient (Wildman–Crippen LogP) is 0.431. The van der Waals surface area contributed by atoms with Crippen molar-refractivity contribution in [2.45, 2.75) is 20.4 Å². The van der Waals surface area contributed by atoms with Gasteiger partial charge in [0.15, 0.2) is 0 Å². The highest BCUT2D eigenvalue weighted by Gasteiger charge is 2.16. The van der Waals surface area contributed by atoms with E-state index < -0.39 is 16.8 Å². The van der Waals surface area contributed by atoms with Crippen molar-refractivity contribution >= 4 is 17.8 Å². The fourth-order valence-electron chi connectivity index (χ4n) is 1.91. The second kappa shape index (κ2) is 6.34. The Morgan fingerprint density at radius 1 is 1.48 bits per heavy atom. The highest BCUT2D eigenvalue weighted by Crippen LogP contribution is 2.14. The molecule has 2 heterocycles. The summed E-state index contributed by atoms with van der Waals surface area (Å²) in [5.41, 5.74) is 2.83. The van der Waals surface area contributed by atoms with Crippen molar-refractivity contribution in [3.63, 3.8) is 0 Å². The van der Waals surface area contributed by atoms with Gasteiger partial charge in [-0.1, -0.05) is 0 Å². The molecule has 0 bridgehead atoms. The first-order valence-corrected chi connectivity index (χ1v) is 6.49. The summed E-state index contributed by atoms with van der Waals surface area (Å²) in [4.78, 5) is 21.8. The second-order valence-corrected chi connectivity index (χ2v) is 4.76. The Labute approximate surface area is 129 Å². The highest BCUT2D eigenvalue weighted by atomic mass is 19.1. The molecule has 0 saturated heterocycles. The van der Waals surface area contributed by atoms with E-state index in [1.165, 1.54) is 14.0 Å². The lowest BCUT2D eigenvalue weighted by Gasteiger charge is -1.99. The van der Waals surface area contributed by atoms with E-state index in [1.807, 2.05) is 0 Å². The van der Waals surface area contributed by atoms with Crippen LogP contribution >= 0.6 is 0 Å². The fraction of sp³-hybridized carbons (Fsp3) is 0.333. The van der Waals surface area contributed by atoms with Gasteiger partial charge in [0.1, 0.15) is 18.4 Å². The highest BCUT2D eigenvalue weighted by molar-refractivity contribution is 5.83. The van der Waals surface area contributed by atoms with E-state index in [-0.39, 0.29) is 23.5 Å². The maximum Gasteiger partial charge on any atom is 0.309 e. The number of rotatable bonds is 5. The van der Waals surface area contributed by atoms with E-state index in [9.17, 15) is 19.3 Å². The van der Waals surface area contributed by atoms with E-state index in [0.29, 0.717) is 5.69 Å². The van der Waals surface area contributed by atoms with Gasteiger partial charge in [-0.2, -0.15) is 19.7 Å². The van der Waals surface area contributed by atoms with Crippen LogP contribution in [0.5, 0.6) is 0 Å². The summed E-state index contributed by atoms with van der Waals surface area (Å²) in [7, 11) is 1.45. The zero-order chi connectivity index (χ0) is 17.1. The third-order valence-electron chi connectivity index (χ3n) is 3.00. The molecule has 0 spiro atoms. The average molecular weight is 323 g/mol. The summed E-state index contributed by atoms with van der Waals surface area (Å²) in [6, 6.07) is 0. The lowest BCUT2D eigenvalue weighted by atomic mass is 10.3. The molecule has 11 heteroatoms. The number of hydrogen-bond donors (Lipinski definition) is 1. The molecular weight excluding hydrogens is 309 g/mol. The van der Waals surface area contributed by atoms with Gasteiger partial charge < -0.3 is 0 Å². The van der Waals surface area contributed by atoms with Crippen LogP contribution in [0.25, 0.3) is 0 Å². The topological polar surface area (TPSA) is 120 Å². The number of aromatic nitrogens is 4. The minimum atomic E-state index is -0.581. The summed E-state index contributed by atoms with van der Waals surface area (Å²) in [5, 5.41) is 22.1. The van der Waals surface area contributed by atoms with Crippen molar-refractivity contribution in [1.29, 1.82) is 0 Å². The first kappa shape index (κ1) is 16.3. The standard InChI is InChI=1S/C12H14FN7O3/c1-7-9(12(13)18(3)16-7)4-14-15-11(21)6-19-5-10(20(22)23)8(2)17-19/h4-5H,6H2,1-3H3,(H,15,21)/b14-4-. The number of carbonyl (C=O) groups is 1. The van der Waals surface area contributed by atoms with Crippen LogP contribution in [0.15, 0.2) is 11.3 Å². The van der Waals surface area contributed by atoms with Gasteiger partial charge in [0, 0.05) is 7.05 Å². The zero-order valence-corrected chi connectivity index (χ0v) is 12.6. The number of nitrogens with one attached hydrogen (secondary N) is 1. The normalized spacial score (nSPS) is 11.1. The van der Waals surface area contributed by atoms with Gasteiger partial charge in [-0.3, -0.25) is 19.6 Å². The van der Waals surface area contributed by atoms with E-state index in [0.717, 1.165) is 21.8 Å². The number of nitro groups is 1. The van der Waals surface area contributed by atoms with E-state index >= 15 is 0 Å². The maximum atomic E-state index is 13.6. The van der Waals surface area contributed by atoms with Gasteiger partial charge in [0.2, 0.25) is 5.95 Å². The lowest BCUT2D eigenvalue weighted by molar-refractivity contribution is -0.385. The maximum absolute atomic E-state index is 13.6. The predicted molar refractivity (Wildman–Crippen MR) is 77.3 cm³/mol. The zero-order valence-electron chi connectivity index (χ0n) is 12.6. The first-order chi connectivity index (χ1) is 10.8. The number of carbonyl (C=O) groups excluding carboxylic acids is 1. The molecule has 10 nitrogen and oxygen atoms in total. The molecule has 0 aliphatic rings. The molecular formula is C12H14FN7O3. The van der Waals surface area contributed by atoms with Gasteiger partial charge in [-0.25, -0.2) is 10.1 Å². The minimum Gasteiger partial charge on any atom is -0.271 e. The van der Waals surface area contributed by atoms with Crippen LogP contribution in [-0.4, -0.2) is 36.6 Å². The first-order valence-electron chi connectivity index (χ1n) is 6.49. The Morgan fingerprint density at radius 2 is 2.17 bits per heavy atom. The van der Waals surface area contributed by atoms with E-state index in [2.05, 4.69) is 20.7 Å². The third kappa shape index (κ3) is 3.56. The van der Waals surface area contributed by atoms with Crippen molar-refractivity contribution in [2.24, 2.45) is 12.1 Å². The van der Waals surface area contributed by atoms with E-state index in [1.54, 1.807) is 6.92 Å². The molecule has 2 aromatic rings. The quantitative estimate of drug-likeness (QED) is 0.486. The van der Waals surface area contributed by atoms with Crippen LogP contribution in [0.3, 0.4) is 0 Å². The number of hydrogen-bond acceptors (Lipinski definition) is 6. The molecule has 0 saturated carbocycles. The van der Waals surface area contributed by atoms with Gasteiger partial charge in [0.05, 0.1) is 22.4 Å². The molecule has 0 atom stereocenters. The molecule has 1 amide bonds. The Hall–Kier alpha value is -3.11. The van der Waals surface area contributed by atoms with E-state index in [4.69, 9.17) is 0 Å². The van der Waals surface area contributed by atoms with Crippen LogP contribution in [0, 0.1) is 29.9 Å². The Balaban J connectivity index is 1.99. The smallest absolute Gasteiger partial charge is 0.271 e. The van der Waals surface area contributed by atoms with Crippen molar-refractivity contribution in [1.82, 2.24) is 25.0 Å². The van der Waals surface area contributed by atoms with Crippen LogP contribution in [0.2, 0.25) is 0 Å². The number of aryl methyl sites for hydroxylation is 3. The van der Waals surface area contributed by atoms with Gasteiger partial charge >= 0.3 is 5.69 Å². The summed E-state index contributed by atoms with van der Waals surface area (Å²) in [5.74, 6) is -1.13. The number of hydrazone groups is 1. The van der Waals surface area contributed by atoms with Gasteiger partial charge in [0.25, 0.3) is 5.91 Å². The van der Waals surface area contributed by atoms with Gasteiger partial charge in [-0.05, 0) is 13.8 Å². The van der Waals surface area contributed by atoms with Crippen molar-refractivity contribution < 1.29 is 14.1 Å². The average Bonchev–Trinajstić information content (AvgIpc) is 2.93. The molecule has 122 valence electrons. The fourth-order valence-corrected chi connectivity index (χ4v) is 1.91. The lowest BCUT2D eigenvalue weighted by Crippen LogP contribution is -2.23. The van der Waals surface area contributed by atoms with Crippen LogP contribution in [-0.2, 0) is 18.4 Å². The summed E-state index contributed by atoms with van der Waals surface area (Å²) >= 11 is 0. The minimum absolute atomic E-state index is 0.165. The Bertz CT molecular complexity index is 793. The number of nitrogens with zero attached hydrogens (tertiary/aromatic N) is 6. The SMILES string of the molecule is Cc1nn(CC(=O)N/N=C\c2c(C)nn(C)c2F)cc1[N+](=O)[O-]. The van der Waals surface area contributed by atoms with Crippen molar-refractivity contribution in [3.05, 3.63) is 39.2 Å². The van der Waals surface area contributed by atoms with Gasteiger partial charge in [-0.15, -0.1) is 0 Å². The number of halogens is 1. The molecule has 1 N–H and O–H groups in total. The molecule has 0 radical (unpaired) electrons. The van der Waals surface area contributed by atoms with Crippen molar-refractivity contribution in [2.75, 3.05) is 0 Å². The third-order valence-corrected chi connectivity index (χ3v) is 3.00. The molecule has 0 unspecified atom stereocenters. The van der Waals surface area contributed by atoms with Crippen LogP contribution in [0.4, 0.5) is 10.1 Å². The van der Waals surface area contributed by atoms with Crippen LogP contribution < -0.4 is 5.43 Å². The summed E-state index contributed by atoms with van der Waals surface area (Å²) in [6.07, 6.45) is 2.30. The molecule has 0 fully saturated rings. The molecule has 2 rings (SSSR count).